The van der Waals surface area contributed by atoms with E-state index in [0.717, 1.165) is 18.4 Å². The number of pyridine rings is 1. The zero-order chi connectivity index (χ0) is 25.9. The molecule has 2 aromatic heterocycles. The average molecular weight is 496 g/mol. The molecule has 0 saturated heterocycles. The molecule has 190 valence electrons. The molecule has 1 aromatic carbocycles. The molecule has 0 unspecified atom stereocenters. The first-order valence-corrected chi connectivity index (χ1v) is 11.7. The van der Waals surface area contributed by atoms with E-state index in [9.17, 15) is 14.3 Å². The van der Waals surface area contributed by atoms with E-state index in [4.69, 9.17) is 9.72 Å². The fourth-order valence-corrected chi connectivity index (χ4v) is 4.37. The van der Waals surface area contributed by atoms with Gasteiger partial charge in [0.15, 0.2) is 5.82 Å². The molecule has 4 rings (SSSR count). The summed E-state index contributed by atoms with van der Waals surface area (Å²) in [7, 11) is 1.26. The number of hydrogen-bond donors (Lipinski definition) is 3. The van der Waals surface area contributed by atoms with Crippen LogP contribution in [0.5, 0.6) is 5.88 Å². The number of rotatable bonds is 8. The Morgan fingerprint density at radius 2 is 2.00 bits per heavy atom. The van der Waals surface area contributed by atoms with E-state index >= 15 is 0 Å². The molecule has 10 heteroatoms. The van der Waals surface area contributed by atoms with Gasteiger partial charge in [-0.05, 0) is 55.0 Å². The minimum Gasteiger partial charge on any atom is -0.475 e. The standard InChI is InChI=1S/C26H30FN5O4/c1-15-9-19(27)21(29-17-13-26(2,3)14-17)11-18(15)20-12-23(36-8-7-33)32-24(30-20)16-5-6-28-22(10-16)31-25(34)35-4/h5-6,9-12,17,29,33H,7-8,13-14H2,1-4H3,(H,28,31,34). The molecule has 1 amide bonds. The van der Waals surface area contributed by atoms with Crippen molar-refractivity contribution in [3.63, 3.8) is 0 Å². The lowest BCUT2D eigenvalue weighted by Crippen LogP contribution is -2.41. The van der Waals surface area contributed by atoms with Crippen LogP contribution < -0.4 is 15.4 Å². The number of benzene rings is 1. The molecule has 1 aliphatic carbocycles. The molecule has 1 fully saturated rings. The van der Waals surface area contributed by atoms with Crippen LogP contribution in [0.3, 0.4) is 0 Å². The number of hydrogen-bond acceptors (Lipinski definition) is 8. The summed E-state index contributed by atoms with van der Waals surface area (Å²) in [4.78, 5) is 24.9. The lowest BCUT2D eigenvalue weighted by atomic mass is 9.68. The number of halogens is 1. The molecule has 36 heavy (non-hydrogen) atoms. The largest absolute Gasteiger partial charge is 0.475 e. The summed E-state index contributed by atoms with van der Waals surface area (Å²) in [6, 6.07) is 8.42. The highest BCUT2D eigenvalue weighted by atomic mass is 19.1. The van der Waals surface area contributed by atoms with Gasteiger partial charge in [0, 0.05) is 29.4 Å². The number of carbonyl (C=O) groups excluding carboxylic acids is 1. The summed E-state index contributed by atoms with van der Waals surface area (Å²) in [6.07, 6.45) is 2.79. The first-order valence-electron chi connectivity index (χ1n) is 11.7. The number of ether oxygens (including phenoxy) is 2. The molecule has 0 bridgehead atoms. The second-order valence-electron chi connectivity index (χ2n) is 9.59. The fourth-order valence-electron chi connectivity index (χ4n) is 4.37. The topological polar surface area (TPSA) is 118 Å². The van der Waals surface area contributed by atoms with E-state index in [-0.39, 0.29) is 42.2 Å². The zero-order valence-corrected chi connectivity index (χ0v) is 20.8. The number of aromatic nitrogens is 3. The summed E-state index contributed by atoms with van der Waals surface area (Å²) in [6.45, 7) is 6.08. The third-order valence-electron chi connectivity index (χ3n) is 6.03. The molecular weight excluding hydrogens is 465 g/mol. The summed E-state index contributed by atoms with van der Waals surface area (Å²) < 4.78 is 25.1. The highest BCUT2D eigenvalue weighted by Crippen LogP contribution is 2.42. The quantitative estimate of drug-likeness (QED) is 0.408. The molecule has 3 aromatic rings. The molecule has 3 N–H and O–H groups in total. The van der Waals surface area contributed by atoms with Gasteiger partial charge in [0.1, 0.15) is 18.2 Å². The maximum absolute atomic E-state index is 14.8. The van der Waals surface area contributed by atoms with E-state index in [1.54, 1.807) is 24.3 Å². The Morgan fingerprint density at radius 3 is 2.69 bits per heavy atom. The summed E-state index contributed by atoms with van der Waals surface area (Å²) >= 11 is 0. The monoisotopic (exact) mass is 495 g/mol. The van der Waals surface area contributed by atoms with E-state index in [1.165, 1.54) is 19.4 Å². The lowest BCUT2D eigenvalue weighted by Gasteiger charge is -2.43. The van der Waals surface area contributed by atoms with Crippen LogP contribution in [0.15, 0.2) is 36.5 Å². The number of anilines is 2. The number of nitrogens with zero attached hydrogens (tertiary/aromatic N) is 3. The van der Waals surface area contributed by atoms with Crippen molar-refractivity contribution in [2.75, 3.05) is 31.0 Å². The third kappa shape index (κ3) is 5.88. The molecule has 2 heterocycles. The number of amides is 1. The van der Waals surface area contributed by atoms with Crippen LogP contribution in [0.2, 0.25) is 0 Å². The molecule has 0 aliphatic heterocycles. The molecule has 1 saturated carbocycles. The molecule has 0 atom stereocenters. The highest BCUT2D eigenvalue weighted by molar-refractivity contribution is 5.84. The van der Waals surface area contributed by atoms with Crippen molar-refractivity contribution in [2.45, 2.75) is 39.7 Å². The maximum atomic E-state index is 14.8. The number of aliphatic hydroxyl groups is 1. The van der Waals surface area contributed by atoms with Crippen LogP contribution in [0.4, 0.5) is 20.7 Å². The number of carbonyl (C=O) groups is 1. The van der Waals surface area contributed by atoms with Crippen LogP contribution in [-0.2, 0) is 4.74 Å². The Kier molecular flexibility index (Phi) is 7.35. The van der Waals surface area contributed by atoms with Crippen molar-refractivity contribution in [1.29, 1.82) is 0 Å². The van der Waals surface area contributed by atoms with Crippen LogP contribution in [0, 0.1) is 18.2 Å². The van der Waals surface area contributed by atoms with Crippen LogP contribution in [0.1, 0.15) is 32.3 Å². The predicted octanol–water partition coefficient (Wildman–Crippen LogP) is 4.80. The minimum absolute atomic E-state index is 0.0497. The van der Waals surface area contributed by atoms with Crippen molar-refractivity contribution in [3.8, 4) is 28.5 Å². The van der Waals surface area contributed by atoms with E-state index < -0.39 is 6.09 Å². The van der Waals surface area contributed by atoms with Crippen molar-refractivity contribution < 1.29 is 23.8 Å². The van der Waals surface area contributed by atoms with Crippen LogP contribution in [-0.4, -0.2) is 52.5 Å². The average Bonchev–Trinajstić information content (AvgIpc) is 2.83. The lowest BCUT2D eigenvalue weighted by molar-refractivity contribution is 0.167. The van der Waals surface area contributed by atoms with Gasteiger partial charge in [0.2, 0.25) is 5.88 Å². The number of aryl methyl sites for hydroxylation is 1. The van der Waals surface area contributed by atoms with Gasteiger partial charge < -0.3 is 19.9 Å². The fraction of sp³-hybridized carbons (Fsp3) is 0.385. The van der Waals surface area contributed by atoms with E-state index in [1.807, 2.05) is 6.92 Å². The molecule has 9 nitrogen and oxygen atoms in total. The predicted molar refractivity (Wildman–Crippen MR) is 134 cm³/mol. The van der Waals surface area contributed by atoms with Crippen molar-refractivity contribution in [3.05, 3.63) is 47.9 Å². The van der Waals surface area contributed by atoms with Gasteiger partial charge in [-0.15, -0.1) is 0 Å². The van der Waals surface area contributed by atoms with Gasteiger partial charge in [-0.2, -0.15) is 4.98 Å². The maximum Gasteiger partial charge on any atom is 0.412 e. The summed E-state index contributed by atoms with van der Waals surface area (Å²) in [5.41, 5.74) is 3.20. The molecule has 1 aliphatic rings. The van der Waals surface area contributed by atoms with Gasteiger partial charge in [-0.3, -0.25) is 5.32 Å². The first-order chi connectivity index (χ1) is 17.2. The molecular formula is C26H30FN5O4. The van der Waals surface area contributed by atoms with Crippen molar-refractivity contribution in [1.82, 2.24) is 15.0 Å². The van der Waals surface area contributed by atoms with Gasteiger partial charge in [0.05, 0.1) is 25.1 Å². The van der Waals surface area contributed by atoms with E-state index in [0.29, 0.717) is 28.3 Å². The van der Waals surface area contributed by atoms with Crippen LogP contribution in [0.25, 0.3) is 22.6 Å². The van der Waals surface area contributed by atoms with Gasteiger partial charge in [-0.1, -0.05) is 13.8 Å². The molecule has 0 radical (unpaired) electrons. The van der Waals surface area contributed by atoms with Crippen molar-refractivity contribution >= 4 is 17.6 Å². The van der Waals surface area contributed by atoms with Gasteiger partial charge in [-0.25, -0.2) is 19.2 Å². The zero-order valence-electron chi connectivity index (χ0n) is 20.8. The normalized spacial score (nSPS) is 14.6. The van der Waals surface area contributed by atoms with Crippen LogP contribution >= 0.6 is 0 Å². The number of nitrogens with one attached hydrogen (secondary N) is 2. The summed E-state index contributed by atoms with van der Waals surface area (Å²) in [5.74, 6) is 0.510. The van der Waals surface area contributed by atoms with Gasteiger partial charge in [0.25, 0.3) is 0 Å². The Labute approximate surface area is 209 Å². The third-order valence-corrected chi connectivity index (χ3v) is 6.03. The highest BCUT2D eigenvalue weighted by Gasteiger charge is 2.36. The Hall–Kier alpha value is -3.79. The second kappa shape index (κ2) is 10.4. The number of aliphatic hydroxyl groups excluding tert-OH is 1. The van der Waals surface area contributed by atoms with E-state index in [2.05, 4.69) is 39.2 Å². The second-order valence-corrected chi connectivity index (χ2v) is 9.59. The van der Waals surface area contributed by atoms with Gasteiger partial charge >= 0.3 is 6.09 Å². The smallest absolute Gasteiger partial charge is 0.412 e. The Balaban J connectivity index is 1.72. The summed E-state index contributed by atoms with van der Waals surface area (Å²) in [5, 5.41) is 15.1. The van der Waals surface area contributed by atoms with Crippen molar-refractivity contribution in [2.24, 2.45) is 5.41 Å². The molecule has 0 spiro atoms. The minimum atomic E-state index is -0.655. The Bertz CT molecular complexity index is 1260. The first kappa shape index (κ1) is 25.3. The Morgan fingerprint density at radius 1 is 1.22 bits per heavy atom. The number of methoxy groups -OCH3 is 1. The SMILES string of the molecule is COC(=O)Nc1cc(-c2nc(OCCO)cc(-c3cc(NC4CC(C)(C)C4)c(F)cc3C)n2)ccn1.